The fourth-order valence-electron chi connectivity index (χ4n) is 2.22. The summed E-state index contributed by atoms with van der Waals surface area (Å²) in [5.74, 6) is 0.927. The predicted octanol–water partition coefficient (Wildman–Crippen LogP) is 1.61. The second-order valence-corrected chi connectivity index (χ2v) is 6.11. The molecule has 1 amide bonds. The highest BCUT2D eigenvalue weighted by atomic mass is 32.1. The summed E-state index contributed by atoms with van der Waals surface area (Å²) >= 11 is 4.18. The molecule has 124 valence electrons. The number of amides is 1. The molecule has 1 aromatic rings. The minimum Gasteiger partial charge on any atom is -0.354 e. The van der Waals surface area contributed by atoms with Crippen LogP contribution in [-0.2, 0) is 11.2 Å². The Morgan fingerprint density at radius 3 is 2.59 bits per heavy atom. The zero-order chi connectivity index (χ0) is 16.4. The van der Waals surface area contributed by atoms with Crippen LogP contribution < -0.4 is 16.4 Å². The lowest BCUT2D eigenvalue weighted by atomic mass is 9.98. The summed E-state index contributed by atoms with van der Waals surface area (Å²) in [6, 6.07) is 9.93. The summed E-state index contributed by atoms with van der Waals surface area (Å²) < 4.78 is 0. The minimum absolute atomic E-state index is 0.0352. The number of thiol groups is 1. The quantitative estimate of drug-likeness (QED) is 0.495. The molecule has 0 saturated carbocycles. The van der Waals surface area contributed by atoms with Crippen LogP contribution in [0.2, 0.25) is 0 Å². The lowest BCUT2D eigenvalue weighted by Crippen LogP contribution is -2.51. The van der Waals surface area contributed by atoms with Crippen LogP contribution in [0.4, 0.5) is 0 Å². The Kier molecular flexibility index (Phi) is 9.20. The first-order valence-corrected chi connectivity index (χ1v) is 8.63. The Balaban J connectivity index is 2.45. The van der Waals surface area contributed by atoms with Gasteiger partial charge in [-0.1, -0.05) is 50.6 Å². The first-order chi connectivity index (χ1) is 10.6. The van der Waals surface area contributed by atoms with Gasteiger partial charge < -0.3 is 16.4 Å². The lowest BCUT2D eigenvalue weighted by Gasteiger charge is -2.25. The lowest BCUT2D eigenvalue weighted by molar-refractivity contribution is -0.124. The van der Waals surface area contributed by atoms with E-state index in [1.54, 1.807) is 0 Å². The summed E-state index contributed by atoms with van der Waals surface area (Å²) in [5.41, 5.74) is 7.10. The van der Waals surface area contributed by atoms with Gasteiger partial charge in [0.2, 0.25) is 5.91 Å². The van der Waals surface area contributed by atoms with Crippen LogP contribution in [0.1, 0.15) is 25.8 Å². The van der Waals surface area contributed by atoms with Crippen molar-refractivity contribution in [1.29, 1.82) is 0 Å². The maximum Gasteiger partial charge on any atom is 0.237 e. The number of nitrogens with two attached hydrogens (primary N) is 1. The largest absolute Gasteiger partial charge is 0.354 e. The molecule has 0 heterocycles. The van der Waals surface area contributed by atoms with Gasteiger partial charge in [-0.3, -0.25) is 4.79 Å². The van der Waals surface area contributed by atoms with Crippen molar-refractivity contribution in [3.05, 3.63) is 35.9 Å². The standard InChI is InChI=1S/C17H29N3OS/c1-3-13(2)16(20-11-15(18)12-22)17(21)19-10-9-14-7-5-4-6-8-14/h4-8,13,15-16,20,22H,3,9-12,18H2,1-2H3,(H,19,21)/t13-,15?,16+/m0/s1. The summed E-state index contributed by atoms with van der Waals surface area (Å²) in [6.07, 6.45) is 1.79. The van der Waals surface area contributed by atoms with E-state index < -0.39 is 0 Å². The van der Waals surface area contributed by atoms with Crippen molar-refractivity contribution < 1.29 is 4.79 Å². The highest BCUT2D eigenvalue weighted by Gasteiger charge is 2.23. The van der Waals surface area contributed by atoms with Gasteiger partial charge in [0.25, 0.3) is 0 Å². The molecule has 1 unspecified atom stereocenters. The van der Waals surface area contributed by atoms with Gasteiger partial charge in [0, 0.05) is 24.9 Å². The zero-order valence-electron chi connectivity index (χ0n) is 13.6. The maximum atomic E-state index is 12.4. The van der Waals surface area contributed by atoms with Gasteiger partial charge in [0.05, 0.1) is 6.04 Å². The smallest absolute Gasteiger partial charge is 0.237 e. The molecule has 0 radical (unpaired) electrons. The third-order valence-electron chi connectivity index (χ3n) is 3.89. The number of hydrogen-bond donors (Lipinski definition) is 4. The van der Waals surface area contributed by atoms with E-state index in [0.717, 1.165) is 12.8 Å². The minimum atomic E-state index is -0.202. The fourth-order valence-corrected chi connectivity index (χ4v) is 2.34. The normalized spacial score (nSPS) is 15.1. The molecule has 0 fully saturated rings. The van der Waals surface area contributed by atoms with Crippen LogP contribution in [0.5, 0.6) is 0 Å². The highest BCUT2D eigenvalue weighted by Crippen LogP contribution is 2.08. The van der Waals surface area contributed by atoms with E-state index in [4.69, 9.17) is 5.73 Å². The van der Waals surface area contributed by atoms with Crippen molar-refractivity contribution in [3.63, 3.8) is 0 Å². The van der Waals surface area contributed by atoms with Gasteiger partial charge in [-0.25, -0.2) is 0 Å². The second-order valence-electron chi connectivity index (χ2n) is 5.74. The van der Waals surface area contributed by atoms with Crippen molar-refractivity contribution >= 4 is 18.5 Å². The van der Waals surface area contributed by atoms with Gasteiger partial charge in [0.1, 0.15) is 0 Å². The van der Waals surface area contributed by atoms with Crippen molar-refractivity contribution in [1.82, 2.24) is 10.6 Å². The Hall–Kier alpha value is -1.04. The molecule has 4 N–H and O–H groups in total. The average molecular weight is 324 g/mol. The molecule has 0 spiro atoms. The van der Waals surface area contributed by atoms with Gasteiger partial charge in [0.15, 0.2) is 0 Å². The van der Waals surface area contributed by atoms with Crippen molar-refractivity contribution in [2.45, 2.75) is 38.8 Å². The van der Waals surface area contributed by atoms with Gasteiger partial charge in [-0.05, 0) is 17.9 Å². The van der Waals surface area contributed by atoms with Crippen LogP contribution in [0.15, 0.2) is 30.3 Å². The first-order valence-electron chi connectivity index (χ1n) is 7.99. The molecule has 0 aliphatic carbocycles. The fraction of sp³-hybridized carbons (Fsp3) is 0.588. The average Bonchev–Trinajstić information content (AvgIpc) is 2.55. The Labute approximate surface area is 139 Å². The van der Waals surface area contributed by atoms with Gasteiger partial charge >= 0.3 is 0 Å². The molecule has 0 saturated heterocycles. The first kappa shape index (κ1) is 19.0. The van der Waals surface area contributed by atoms with E-state index in [1.807, 2.05) is 18.2 Å². The molecule has 1 rings (SSSR count). The number of nitrogens with one attached hydrogen (secondary N) is 2. The summed E-state index contributed by atoms with van der Waals surface area (Å²) in [6.45, 7) is 5.43. The second kappa shape index (κ2) is 10.6. The molecule has 0 bridgehead atoms. The molecule has 22 heavy (non-hydrogen) atoms. The maximum absolute atomic E-state index is 12.4. The molecule has 4 nitrogen and oxygen atoms in total. The summed E-state index contributed by atoms with van der Waals surface area (Å²) in [4.78, 5) is 12.4. The molecule has 0 aliphatic heterocycles. The van der Waals surface area contributed by atoms with Crippen LogP contribution in [0.25, 0.3) is 0 Å². The predicted molar refractivity (Wildman–Crippen MR) is 96.2 cm³/mol. The van der Waals surface area contributed by atoms with E-state index in [2.05, 4.69) is 49.2 Å². The molecular formula is C17H29N3OS. The van der Waals surface area contributed by atoms with Crippen molar-refractivity contribution in [2.24, 2.45) is 11.7 Å². The Bertz CT molecular complexity index is 427. The Morgan fingerprint density at radius 1 is 1.32 bits per heavy atom. The Morgan fingerprint density at radius 2 is 2.00 bits per heavy atom. The van der Waals surface area contributed by atoms with E-state index >= 15 is 0 Å². The van der Waals surface area contributed by atoms with Crippen molar-refractivity contribution in [3.8, 4) is 0 Å². The summed E-state index contributed by atoms with van der Waals surface area (Å²) in [7, 11) is 0. The van der Waals surface area contributed by atoms with E-state index in [0.29, 0.717) is 18.8 Å². The van der Waals surface area contributed by atoms with Crippen LogP contribution in [0, 0.1) is 5.92 Å². The van der Waals surface area contributed by atoms with Crippen LogP contribution in [-0.4, -0.2) is 36.8 Å². The number of carbonyl (C=O) groups excluding carboxylic acids is 1. The van der Waals surface area contributed by atoms with E-state index in [-0.39, 0.29) is 23.9 Å². The number of carbonyl (C=O) groups is 1. The monoisotopic (exact) mass is 323 g/mol. The molecule has 1 aromatic carbocycles. The number of rotatable bonds is 10. The van der Waals surface area contributed by atoms with Crippen LogP contribution >= 0.6 is 12.6 Å². The number of benzene rings is 1. The van der Waals surface area contributed by atoms with Gasteiger partial charge in [-0.2, -0.15) is 12.6 Å². The summed E-state index contributed by atoms with van der Waals surface area (Å²) in [5, 5.41) is 6.31. The van der Waals surface area contributed by atoms with Gasteiger partial charge in [-0.15, -0.1) is 0 Å². The third-order valence-corrected chi connectivity index (χ3v) is 4.35. The topological polar surface area (TPSA) is 67.1 Å². The molecule has 5 heteroatoms. The zero-order valence-corrected chi connectivity index (χ0v) is 14.5. The molecular weight excluding hydrogens is 294 g/mol. The third kappa shape index (κ3) is 6.81. The SMILES string of the molecule is CC[C@H](C)[C@@H](NCC(N)CS)C(=O)NCCc1ccccc1. The van der Waals surface area contributed by atoms with Crippen molar-refractivity contribution in [2.75, 3.05) is 18.8 Å². The highest BCUT2D eigenvalue weighted by molar-refractivity contribution is 7.80. The van der Waals surface area contributed by atoms with E-state index in [9.17, 15) is 4.79 Å². The number of hydrogen-bond acceptors (Lipinski definition) is 4. The van der Waals surface area contributed by atoms with E-state index in [1.165, 1.54) is 5.56 Å². The molecule has 0 aliphatic rings. The molecule has 0 aromatic heterocycles. The van der Waals surface area contributed by atoms with Crippen LogP contribution in [0.3, 0.4) is 0 Å². The molecule has 3 atom stereocenters.